The Morgan fingerprint density at radius 3 is 2.54 bits per heavy atom. The number of rotatable bonds is 9. The van der Waals surface area contributed by atoms with Crippen molar-refractivity contribution in [2.24, 2.45) is 34.5 Å². The molecule has 6 heteroatoms. The predicted molar refractivity (Wildman–Crippen MR) is 144 cm³/mol. The smallest absolute Gasteiger partial charge is 0.302 e. The fourth-order valence-electron chi connectivity index (χ4n) is 8.66. The molecule has 210 valence electrons. The van der Waals surface area contributed by atoms with Crippen molar-refractivity contribution in [3.63, 3.8) is 0 Å². The van der Waals surface area contributed by atoms with Crippen LogP contribution in [0.4, 0.5) is 0 Å². The van der Waals surface area contributed by atoms with Gasteiger partial charge in [0, 0.05) is 12.3 Å². The Balaban J connectivity index is 1.49. The summed E-state index contributed by atoms with van der Waals surface area (Å²) in [5.74, 6) is 1.71. The highest BCUT2D eigenvalue weighted by Crippen LogP contribution is 2.66. The van der Waals surface area contributed by atoms with Crippen molar-refractivity contribution in [2.45, 2.75) is 117 Å². The van der Waals surface area contributed by atoms with Gasteiger partial charge in [0.15, 0.2) is 0 Å². The van der Waals surface area contributed by atoms with Crippen molar-refractivity contribution in [1.29, 1.82) is 0 Å². The van der Waals surface area contributed by atoms with Crippen molar-refractivity contribution < 1.29 is 29.6 Å². The number of esters is 1. The van der Waals surface area contributed by atoms with Crippen molar-refractivity contribution in [3.8, 4) is 0 Å². The van der Waals surface area contributed by atoms with Crippen LogP contribution in [0.3, 0.4) is 0 Å². The van der Waals surface area contributed by atoms with E-state index < -0.39 is 29.3 Å². The lowest BCUT2D eigenvalue weighted by Gasteiger charge is -2.57. The monoisotopic (exact) mass is 518 g/mol. The van der Waals surface area contributed by atoms with Crippen LogP contribution in [0, 0.1) is 34.5 Å². The summed E-state index contributed by atoms with van der Waals surface area (Å²) in [5.41, 5.74) is 1.81. The number of hydrogen-bond acceptors (Lipinski definition) is 6. The van der Waals surface area contributed by atoms with E-state index in [1.54, 1.807) is 0 Å². The van der Waals surface area contributed by atoms with Crippen LogP contribution in [0.15, 0.2) is 23.3 Å². The summed E-state index contributed by atoms with van der Waals surface area (Å²) in [7, 11) is 0. The van der Waals surface area contributed by atoms with E-state index in [-0.39, 0.29) is 30.5 Å². The van der Waals surface area contributed by atoms with E-state index in [2.05, 4.69) is 32.9 Å². The van der Waals surface area contributed by atoms with Gasteiger partial charge in [0.1, 0.15) is 12.7 Å². The van der Waals surface area contributed by atoms with Gasteiger partial charge in [-0.25, -0.2) is 0 Å². The molecule has 0 amide bonds. The summed E-state index contributed by atoms with van der Waals surface area (Å²) >= 11 is 0. The van der Waals surface area contributed by atoms with E-state index in [1.807, 2.05) is 13.8 Å². The standard InChI is InChI=1S/C31H50O6/c1-19(8-7-14-29(3,4)35)23-11-12-24-22-10-9-21-18-26(33)27(37-17-16-36-20(2)32)28(34)31(21,6)25(22)13-15-30(23,24)5/h9-10,19,23-28,33-35H,7-8,11-18H2,1-6H3/t19-,23-,24+,25+,26-,27-,28+,30-,31+/m1/s1. The number of allylic oxidation sites excluding steroid dienone is 3. The van der Waals surface area contributed by atoms with Gasteiger partial charge >= 0.3 is 5.97 Å². The molecule has 4 aliphatic carbocycles. The molecule has 0 aliphatic heterocycles. The zero-order valence-electron chi connectivity index (χ0n) is 23.8. The third-order valence-electron chi connectivity index (χ3n) is 10.6. The third kappa shape index (κ3) is 5.46. The molecule has 0 aromatic rings. The van der Waals surface area contributed by atoms with Gasteiger partial charge < -0.3 is 24.8 Å². The van der Waals surface area contributed by atoms with Crippen LogP contribution < -0.4 is 0 Å². The second-order valence-electron chi connectivity index (χ2n) is 13.5. The number of hydrogen-bond donors (Lipinski definition) is 3. The summed E-state index contributed by atoms with van der Waals surface area (Å²) < 4.78 is 10.9. The Kier molecular flexibility index (Phi) is 8.36. The molecule has 3 N–H and O–H groups in total. The van der Waals surface area contributed by atoms with Crippen LogP contribution in [-0.4, -0.2) is 58.4 Å². The van der Waals surface area contributed by atoms with Crippen LogP contribution in [0.5, 0.6) is 0 Å². The molecule has 0 spiro atoms. The van der Waals surface area contributed by atoms with E-state index in [0.29, 0.717) is 24.2 Å². The average Bonchev–Trinajstić information content (AvgIpc) is 3.16. The van der Waals surface area contributed by atoms with Crippen LogP contribution >= 0.6 is 0 Å². The third-order valence-corrected chi connectivity index (χ3v) is 10.6. The Labute approximate surface area is 223 Å². The maximum Gasteiger partial charge on any atom is 0.302 e. The quantitative estimate of drug-likeness (QED) is 0.295. The molecule has 0 heterocycles. The number of aliphatic hydroxyl groups is 3. The molecule has 0 aromatic heterocycles. The lowest BCUT2D eigenvalue weighted by Crippen LogP contribution is -2.59. The van der Waals surface area contributed by atoms with E-state index in [4.69, 9.17) is 9.47 Å². The Morgan fingerprint density at radius 1 is 1.14 bits per heavy atom. The zero-order chi connectivity index (χ0) is 27.2. The van der Waals surface area contributed by atoms with Gasteiger partial charge in [-0.3, -0.25) is 4.79 Å². The van der Waals surface area contributed by atoms with Crippen molar-refractivity contribution in [1.82, 2.24) is 0 Å². The van der Waals surface area contributed by atoms with Gasteiger partial charge in [0.05, 0.1) is 24.4 Å². The minimum Gasteiger partial charge on any atom is -0.463 e. The number of ether oxygens (including phenoxy) is 2. The highest BCUT2D eigenvalue weighted by atomic mass is 16.6. The lowest BCUT2D eigenvalue weighted by atomic mass is 9.49. The Morgan fingerprint density at radius 2 is 1.86 bits per heavy atom. The maximum atomic E-state index is 11.7. The summed E-state index contributed by atoms with van der Waals surface area (Å²) in [4.78, 5) is 11.1. The number of aliphatic hydroxyl groups excluding tert-OH is 2. The van der Waals surface area contributed by atoms with Crippen LogP contribution in [-0.2, 0) is 14.3 Å². The topological polar surface area (TPSA) is 96.2 Å². The minimum atomic E-state index is -0.823. The number of fused-ring (bicyclic) bond motifs is 5. The largest absolute Gasteiger partial charge is 0.463 e. The van der Waals surface area contributed by atoms with Gasteiger partial charge in [-0.15, -0.1) is 0 Å². The van der Waals surface area contributed by atoms with Gasteiger partial charge in [-0.1, -0.05) is 56.9 Å². The molecule has 3 fully saturated rings. The maximum absolute atomic E-state index is 11.7. The average molecular weight is 519 g/mol. The van der Waals surface area contributed by atoms with Gasteiger partial charge in [0.2, 0.25) is 0 Å². The summed E-state index contributed by atoms with van der Waals surface area (Å²) in [6, 6.07) is 0. The molecule has 6 nitrogen and oxygen atoms in total. The second-order valence-corrected chi connectivity index (χ2v) is 13.5. The molecule has 3 saturated carbocycles. The second kappa shape index (κ2) is 10.7. The first-order valence-corrected chi connectivity index (χ1v) is 14.5. The summed E-state index contributed by atoms with van der Waals surface area (Å²) in [6.07, 6.45) is 10.4. The van der Waals surface area contributed by atoms with E-state index in [1.165, 1.54) is 25.3 Å². The number of carbonyl (C=O) groups is 1. The molecule has 37 heavy (non-hydrogen) atoms. The van der Waals surface area contributed by atoms with Crippen LogP contribution in [0.2, 0.25) is 0 Å². The predicted octanol–water partition coefficient (Wildman–Crippen LogP) is 4.95. The SMILES string of the molecule is CC(=O)OCCO[C@@H]1[C@H](O)CC2=CC=C3[C@@H]4CC[C@H]([C@H](C)CCCC(C)(C)O)[C@@]4(C)CC[C@@H]3[C@@]2(C)[C@H]1O. The molecular weight excluding hydrogens is 468 g/mol. The van der Waals surface area contributed by atoms with Crippen molar-refractivity contribution in [2.75, 3.05) is 13.2 Å². The van der Waals surface area contributed by atoms with Gasteiger partial charge in [-0.2, -0.15) is 0 Å². The van der Waals surface area contributed by atoms with E-state index >= 15 is 0 Å². The Hall–Kier alpha value is -1.21. The first kappa shape index (κ1) is 28.8. The lowest BCUT2D eigenvalue weighted by molar-refractivity contribution is -0.169. The fourth-order valence-corrected chi connectivity index (χ4v) is 8.66. The molecule has 9 atom stereocenters. The van der Waals surface area contributed by atoms with Crippen LogP contribution in [0.25, 0.3) is 0 Å². The molecule has 0 bridgehead atoms. The summed E-state index contributed by atoms with van der Waals surface area (Å²) in [5, 5.41) is 32.6. The Bertz CT molecular complexity index is 902. The molecule has 0 saturated heterocycles. The van der Waals surface area contributed by atoms with E-state index in [0.717, 1.165) is 37.7 Å². The molecule has 0 radical (unpaired) electrons. The highest BCUT2D eigenvalue weighted by Gasteiger charge is 2.60. The molecule has 4 aliphatic rings. The van der Waals surface area contributed by atoms with Gasteiger partial charge in [-0.05, 0) is 81.5 Å². The summed E-state index contributed by atoms with van der Waals surface area (Å²) in [6.45, 7) is 12.5. The molecule has 0 aromatic carbocycles. The van der Waals surface area contributed by atoms with Gasteiger partial charge in [0.25, 0.3) is 0 Å². The highest BCUT2D eigenvalue weighted by molar-refractivity contribution is 5.65. The fraction of sp³-hybridized carbons (Fsp3) is 0.839. The zero-order valence-corrected chi connectivity index (χ0v) is 23.8. The van der Waals surface area contributed by atoms with Crippen molar-refractivity contribution in [3.05, 3.63) is 23.3 Å². The molecular formula is C31H50O6. The normalized spacial score (nSPS) is 40.1. The molecule has 4 rings (SSSR count). The van der Waals surface area contributed by atoms with Crippen molar-refractivity contribution >= 4 is 5.97 Å². The first-order chi connectivity index (χ1) is 17.3. The molecule has 0 unspecified atom stereocenters. The number of carbonyl (C=O) groups excluding carboxylic acids is 1. The minimum absolute atomic E-state index is 0.120. The first-order valence-electron chi connectivity index (χ1n) is 14.5. The van der Waals surface area contributed by atoms with E-state index in [9.17, 15) is 20.1 Å². The van der Waals surface area contributed by atoms with Crippen LogP contribution in [0.1, 0.15) is 92.9 Å².